The van der Waals surface area contributed by atoms with Crippen molar-refractivity contribution in [3.8, 4) is 0 Å². The third-order valence-electron chi connectivity index (χ3n) is 1.52. The van der Waals surface area contributed by atoms with Gasteiger partial charge in [0.05, 0.1) is 0 Å². The minimum Gasteiger partial charge on any atom is -0.356 e. The van der Waals surface area contributed by atoms with E-state index >= 15 is 0 Å². The smallest absolute Gasteiger partial charge is 0.344 e. The quantitative estimate of drug-likeness (QED) is 0.763. The van der Waals surface area contributed by atoms with Crippen LogP contribution in [0.1, 0.15) is 26.3 Å². The fourth-order valence-electron chi connectivity index (χ4n) is 0.890. The van der Waals surface area contributed by atoms with E-state index in [2.05, 4.69) is 15.3 Å². The summed E-state index contributed by atoms with van der Waals surface area (Å²) in [6.45, 7) is 6.02. The first-order chi connectivity index (χ1) is 7.18. The fraction of sp³-hybridized carbons (Fsp3) is 0.500. The number of nitrogens with one attached hydrogen (secondary N) is 2. The number of hydrogen-bond acceptors (Lipinski definition) is 3. The molecule has 1 rings (SSSR count). The Kier molecular flexibility index (Phi) is 6.88. The number of nitrogens with zero attached hydrogens (tertiary/aromatic N) is 1. The van der Waals surface area contributed by atoms with Crippen molar-refractivity contribution < 1.29 is 4.79 Å². The van der Waals surface area contributed by atoms with Gasteiger partial charge in [0.2, 0.25) is 5.91 Å². The van der Waals surface area contributed by atoms with Gasteiger partial charge in [-0.3, -0.25) is 4.79 Å². The van der Waals surface area contributed by atoms with Crippen LogP contribution in [0.25, 0.3) is 0 Å². The van der Waals surface area contributed by atoms with Crippen LogP contribution in [-0.4, -0.2) is 22.4 Å². The molecule has 1 aromatic heterocycles. The Morgan fingerprint density at radius 2 is 2.20 bits per heavy atom. The van der Waals surface area contributed by atoms with Crippen LogP contribution in [0, 0.1) is 0 Å². The Morgan fingerprint density at radius 3 is 2.67 bits per heavy atom. The number of H-pyrrole nitrogens is 1. The molecule has 5 heteroatoms. The maximum atomic E-state index is 10.6. The highest BCUT2D eigenvalue weighted by molar-refractivity contribution is 5.72. The number of carbonyl (C=O) groups excluding carboxylic acids is 1. The van der Waals surface area contributed by atoms with E-state index in [9.17, 15) is 9.59 Å². The predicted octanol–water partition coefficient (Wildman–Crippen LogP) is 0.475. The van der Waals surface area contributed by atoms with Crippen molar-refractivity contribution in [1.82, 2.24) is 15.3 Å². The summed E-state index contributed by atoms with van der Waals surface area (Å²) in [5.41, 5.74) is 0.539. The van der Waals surface area contributed by atoms with Crippen molar-refractivity contribution >= 4 is 5.91 Å². The molecule has 0 aliphatic heterocycles. The summed E-state index contributed by atoms with van der Waals surface area (Å²) in [6.07, 6.45) is 3.77. The van der Waals surface area contributed by atoms with Gasteiger partial charge in [-0.15, -0.1) is 0 Å². The van der Waals surface area contributed by atoms with Crippen LogP contribution in [-0.2, 0) is 11.2 Å². The summed E-state index contributed by atoms with van der Waals surface area (Å²) in [5, 5.41) is 2.65. The molecule has 2 N–H and O–H groups in total. The number of amides is 1. The first kappa shape index (κ1) is 13.4. The van der Waals surface area contributed by atoms with Crippen molar-refractivity contribution in [2.75, 3.05) is 6.54 Å². The van der Waals surface area contributed by atoms with E-state index in [4.69, 9.17) is 0 Å². The second-order valence-electron chi connectivity index (χ2n) is 2.66. The summed E-state index contributed by atoms with van der Waals surface area (Å²) in [6, 6.07) is 0. The van der Waals surface area contributed by atoms with Gasteiger partial charge in [-0.25, -0.2) is 9.78 Å². The molecule has 1 aromatic rings. The molecule has 84 valence electrons. The molecule has 0 unspecified atom stereocenters. The SMILES string of the molecule is CC.CC(=O)NCCc1cnc(=O)[nH]c1. The highest BCUT2D eigenvalue weighted by atomic mass is 16.1. The molecule has 5 nitrogen and oxygen atoms in total. The second-order valence-corrected chi connectivity index (χ2v) is 2.66. The summed E-state index contributed by atoms with van der Waals surface area (Å²) in [4.78, 5) is 27.1. The van der Waals surface area contributed by atoms with E-state index in [0.717, 1.165) is 5.56 Å². The number of hydrogen-bond donors (Lipinski definition) is 2. The Bertz CT molecular complexity index is 326. The molecule has 0 radical (unpaired) electrons. The molecule has 1 amide bonds. The summed E-state index contributed by atoms with van der Waals surface area (Å²) < 4.78 is 0. The monoisotopic (exact) mass is 211 g/mol. The molecule has 0 atom stereocenters. The minimum atomic E-state index is -0.358. The van der Waals surface area contributed by atoms with Gasteiger partial charge in [-0.2, -0.15) is 0 Å². The van der Waals surface area contributed by atoms with Crippen LogP contribution < -0.4 is 11.0 Å². The first-order valence-corrected chi connectivity index (χ1v) is 4.96. The Morgan fingerprint density at radius 1 is 1.53 bits per heavy atom. The Labute approximate surface area is 88.9 Å². The number of rotatable bonds is 3. The number of aromatic nitrogens is 2. The lowest BCUT2D eigenvalue weighted by molar-refractivity contribution is -0.118. The fourth-order valence-corrected chi connectivity index (χ4v) is 0.890. The molecule has 1 heterocycles. The van der Waals surface area contributed by atoms with Gasteiger partial charge in [-0.1, -0.05) is 13.8 Å². The number of carbonyl (C=O) groups is 1. The van der Waals surface area contributed by atoms with E-state index in [1.165, 1.54) is 13.1 Å². The van der Waals surface area contributed by atoms with Gasteiger partial charge in [-0.05, 0) is 12.0 Å². The maximum Gasteiger partial charge on any atom is 0.344 e. The van der Waals surface area contributed by atoms with Crippen molar-refractivity contribution in [3.05, 3.63) is 28.4 Å². The van der Waals surface area contributed by atoms with Gasteiger partial charge < -0.3 is 10.3 Å². The van der Waals surface area contributed by atoms with Crippen LogP contribution in [0.5, 0.6) is 0 Å². The zero-order valence-electron chi connectivity index (χ0n) is 9.33. The van der Waals surface area contributed by atoms with Gasteiger partial charge in [0.25, 0.3) is 0 Å². The molecule has 0 saturated carbocycles. The summed E-state index contributed by atoms with van der Waals surface area (Å²) in [7, 11) is 0. The summed E-state index contributed by atoms with van der Waals surface area (Å²) in [5.74, 6) is -0.0580. The topological polar surface area (TPSA) is 74.8 Å². The van der Waals surface area contributed by atoms with E-state index in [0.29, 0.717) is 13.0 Å². The van der Waals surface area contributed by atoms with Crippen molar-refractivity contribution in [3.63, 3.8) is 0 Å². The second kappa shape index (κ2) is 7.73. The Balaban J connectivity index is 0.000000921. The molecule has 0 aliphatic carbocycles. The normalized spacial score (nSPS) is 8.73. The van der Waals surface area contributed by atoms with Crippen LogP contribution in [0.15, 0.2) is 17.2 Å². The maximum absolute atomic E-state index is 10.6. The van der Waals surface area contributed by atoms with E-state index < -0.39 is 0 Å². The Hall–Kier alpha value is -1.65. The first-order valence-electron chi connectivity index (χ1n) is 4.96. The lowest BCUT2D eigenvalue weighted by Crippen LogP contribution is -2.22. The summed E-state index contributed by atoms with van der Waals surface area (Å²) >= 11 is 0. The zero-order valence-corrected chi connectivity index (χ0v) is 9.33. The van der Waals surface area contributed by atoms with Crippen LogP contribution >= 0.6 is 0 Å². The van der Waals surface area contributed by atoms with Crippen LogP contribution in [0.3, 0.4) is 0 Å². The van der Waals surface area contributed by atoms with Crippen molar-refractivity contribution in [2.45, 2.75) is 27.2 Å². The van der Waals surface area contributed by atoms with Crippen molar-refractivity contribution in [2.24, 2.45) is 0 Å². The lowest BCUT2D eigenvalue weighted by atomic mass is 10.2. The third kappa shape index (κ3) is 6.42. The highest BCUT2D eigenvalue weighted by Gasteiger charge is 1.94. The molecule has 0 bridgehead atoms. The minimum absolute atomic E-state index is 0.0580. The molecule has 0 aromatic carbocycles. The molecular weight excluding hydrogens is 194 g/mol. The average molecular weight is 211 g/mol. The highest BCUT2D eigenvalue weighted by Crippen LogP contribution is 1.90. The van der Waals surface area contributed by atoms with Gasteiger partial charge in [0.15, 0.2) is 0 Å². The largest absolute Gasteiger partial charge is 0.356 e. The van der Waals surface area contributed by atoms with Crippen LogP contribution in [0.2, 0.25) is 0 Å². The standard InChI is InChI=1S/C8H11N3O2.C2H6/c1-6(12)9-3-2-7-4-10-8(13)11-5-7;1-2/h4-5H,2-3H2,1H3,(H,9,12)(H,10,11,13);1-2H3. The van der Waals surface area contributed by atoms with Gasteiger partial charge in [0, 0.05) is 25.9 Å². The van der Waals surface area contributed by atoms with E-state index in [1.807, 2.05) is 13.8 Å². The lowest BCUT2D eigenvalue weighted by Gasteiger charge is -2.00. The number of aromatic amines is 1. The molecule has 0 spiro atoms. The molecule has 0 aliphatic rings. The van der Waals surface area contributed by atoms with Crippen LogP contribution in [0.4, 0.5) is 0 Å². The van der Waals surface area contributed by atoms with Gasteiger partial charge >= 0.3 is 5.69 Å². The molecule has 0 fully saturated rings. The molecular formula is C10H17N3O2. The zero-order chi connectivity index (χ0) is 11.7. The van der Waals surface area contributed by atoms with Gasteiger partial charge in [0.1, 0.15) is 0 Å². The van der Waals surface area contributed by atoms with E-state index in [1.54, 1.807) is 6.20 Å². The average Bonchev–Trinajstić information content (AvgIpc) is 2.23. The van der Waals surface area contributed by atoms with E-state index in [-0.39, 0.29) is 11.6 Å². The molecule has 15 heavy (non-hydrogen) atoms. The molecule has 0 saturated heterocycles. The van der Waals surface area contributed by atoms with Crippen molar-refractivity contribution in [1.29, 1.82) is 0 Å². The predicted molar refractivity (Wildman–Crippen MR) is 58.6 cm³/mol. The third-order valence-corrected chi connectivity index (χ3v) is 1.52.